The summed E-state index contributed by atoms with van der Waals surface area (Å²) in [7, 11) is 0. The molecule has 3 rings (SSSR count). The molecule has 2 unspecified atom stereocenters. The molecule has 1 aromatic rings. The SMILES string of the molecule is O=C1c2ccccc2CC1OCCCOC1CCCCO1. The van der Waals surface area contributed by atoms with Crippen molar-refractivity contribution in [2.45, 2.75) is 44.5 Å². The van der Waals surface area contributed by atoms with Gasteiger partial charge in [-0.25, -0.2) is 0 Å². The van der Waals surface area contributed by atoms with E-state index in [2.05, 4.69) is 0 Å². The minimum atomic E-state index is -0.312. The fourth-order valence-corrected chi connectivity index (χ4v) is 2.88. The monoisotopic (exact) mass is 290 g/mol. The zero-order valence-electron chi connectivity index (χ0n) is 12.3. The van der Waals surface area contributed by atoms with Crippen molar-refractivity contribution in [2.24, 2.45) is 0 Å². The van der Waals surface area contributed by atoms with Crippen LogP contribution in [-0.4, -0.2) is 38.0 Å². The molecular weight excluding hydrogens is 268 g/mol. The van der Waals surface area contributed by atoms with Gasteiger partial charge in [-0.1, -0.05) is 24.3 Å². The minimum absolute atomic E-state index is 0.0453. The quantitative estimate of drug-likeness (QED) is 0.756. The normalized spacial score (nSPS) is 25.0. The van der Waals surface area contributed by atoms with Crippen LogP contribution in [0.5, 0.6) is 0 Å². The van der Waals surface area contributed by atoms with Gasteiger partial charge in [-0.05, 0) is 31.2 Å². The third kappa shape index (κ3) is 3.70. The van der Waals surface area contributed by atoms with E-state index in [1.165, 1.54) is 6.42 Å². The highest BCUT2D eigenvalue weighted by molar-refractivity contribution is 6.03. The maximum absolute atomic E-state index is 12.1. The van der Waals surface area contributed by atoms with Crippen LogP contribution in [0.1, 0.15) is 41.6 Å². The number of hydrogen-bond acceptors (Lipinski definition) is 4. The molecule has 0 bridgehead atoms. The number of hydrogen-bond donors (Lipinski definition) is 0. The van der Waals surface area contributed by atoms with Crippen molar-refractivity contribution >= 4 is 5.78 Å². The Morgan fingerprint density at radius 2 is 2.00 bits per heavy atom. The van der Waals surface area contributed by atoms with Gasteiger partial charge in [-0.3, -0.25) is 4.79 Å². The Morgan fingerprint density at radius 3 is 2.81 bits per heavy atom. The molecule has 1 fully saturated rings. The average Bonchev–Trinajstić information content (AvgIpc) is 2.85. The molecule has 0 radical (unpaired) electrons. The summed E-state index contributed by atoms with van der Waals surface area (Å²) < 4.78 is 16.9. The van der Waals surface area contributed by atoms with Crippen LogP contribution in [0.3, 0.4) is 0 Å². The number of carbonyl (C=O) groups is 1. The van der Waals surface area contributed by atoms with Crippen LogP contribution < -0.4 is 0 Å². The largest absolute Gasteiger partial charge is 0.370 e. The van der Waals surface area contributed by atoms with Crippen molar-refractivity contribution in [3.63, 3.8) is 0 Å². The van der Waals surface area contributed by atoms with Gasteiger partial charge in [0.25, 0.3) is 0 Å². The topological polar surface area (TPSA) is 44.8 Å². The molecule has 2 aliphatic rings. The molecule has 0 spiro atoms. The van der Waals surface area contributed by atoms with Crippen LogP contribution >= 0.6 is 0 Å². The van der Waals surface area contributed by atoms with Crippen molar-refractivity contribution < 1.29 is 19.0 Å². The number of carbonyl (C=O) groups excluding carboxylic acids is 1. The van der Waals surface area contributed by atoms with E-state index >= 15 is 0 Å². The first-order chi connectivity index (χ1) is 10.3. The third-order valence-corrected chi connectivity index (χ3v) is 4.03. The van der Waals surface area contributed by atoms with Crippen LogP contribution in [0.4, 0.5) is 0 Å². The smallest absolute Gasteiger partial charge is 0.192 e. The molecule has 1 heterocycles. The molecule has 0 aromatic heterocycles. The van der Waals surface area contributed by atoms with Crippen LogP contribution in [0.2, 0.25) is 0 Å². The molecule has 1 aliphatic heterocycles. The first-order valence-electron chi connectivity index (χ1n) is 7.81. The summed E-state index contributed by atoms with van der Waals surface area (Å²) in [6.07, 6.45) is 4.42. The van der Waals surface area contributed by atoms with E-state index in [1.807, 2.05) is 24.3 Å². The molecule has 1 saturated heterocycles. The van der Waals surface area contributed by atoms with Gasteiger partial charge in [0.1, 0.15) is 6.10 Å². The molecule has 114 valence electrons. The lowest BCUT2D eigenvalue weighted by atomic mass is 10.1. The zero-order valence-corrected chi connectivity index (χ0v) is 12.3. The maximum Gasteiger partial charge on any atom is 0.192 e. The Balaban J connectivity index is 1.34. The molecule has 21 heavy (non-hydrogen) atoms. The van der Waals surface area contributed by atoms with E-state index in [4.69, 9.17) is 14.2 Å². The number of benzene rings is 1. The van der Waals surface area contributed by atoms with Gasteiger partial charge < -0.3 is 14.2 Å². The first-order valence-corrected chi connectivity index (χ1v) is 7.81. The van der Waals surface area contributed by atoms with Gasteiger partial charge >= 0.3 is 0 Å². The summed E-state index contributed by atoms with van der Waals surface area (Å²) in [6, 6.07) is 7.74. The van der Waals surface area contributed by atoms with Gasteiger partial charge in [0.15, 0.2) is 12.1 Å². The number of rotatable bonds is 6. The average molecular weight is 290 g/mol. The van der Waals surface area contributed by atoms with Crippen molar-refractivity contribution in [3.05, 3.63) is 35.4 Å². The van der Waals surface area contributed by atoms with Crippen molar-refractivity contribution in [3.8, 4) is 0 Å². The van der Waals surface area contributed by atoms with Crippen molar-refractivity contribution in [2.75, 3.05) is 19.8 Å². The molecule has 0 N–H and O–H groups in total. The third-order valence-electron chi connectivity index (χ3n) is 4.03. The van der Waals surface area contributed by atoms with Gasteiger partial charge in [0, 0.05) is 25.2 Å². The second-order valence-electron chi connectivity index (χ2n) is 5.61. The van der Waals surface area contributed by atoms with Crippen LogP contribution in [0.25, 0.3) is 0 Å². The van der Waals surface area contributed by atoms with Crippen molar-refractivity contribution in [1.29, 1.82) is 0 Å². The molecule has 4 nitrogen and oxygen atoms in total. The standard InChI is InChI=1S/C17H22O4/c18-17-14-7-2-1-6-13(14)12-15(17)19-10-5-11-21-16-8-3-4-9-20-16/h1-2,6-7,15-16H,3-5,8-12H2. The van der Waals surface area contributed by atoms with Crippen LogP contribution in [0.15, 0.2) is 24.3 Å². The summed E-state index contributed by atoms with van der Waals surface area (Å²) >= 11 is 0. The lowest BCUT2D eigenvalue weighted by Crippen LogP contribution is -2.24. The van der Waals surface area contributed by atoms with E-state index in [0.717, 1.165) is 37.0 Å². The second-order valence-corrected chi connectivity index (χ2v) is 5.61. The molecule has 2 atom stereocenters. The Hall–Kier alpha value is -1.23. The van der Waals surface area contributed by atoms with E-state index in [9.17, 15) is 4.79 Å². The second kappa shape index (κ2) is 7.16. The van der Waals surface area contributed by atoms with E-state index in [1.54, 1.807) is 0 Å². The molecule has 1 aromatic carbocycles. The Morgan fingerprint density at radius 1 is 1.14 bits per heavy atom. The summed E-state index contributed by atoms with van der Waals surface area (Å²) in [5.74, 6) is 0.113. The highest BCUT2D eigenvalue weighted by Crippen LogP contribution is 2.24. The van der Waals surface area contributed by atoms with Gasteiger partial charge in [0.2, 0.25) is 0 Å². The maximum atomic E-state index is 12.1. The van der Waals surface area contributed by atoms with E-state index in [0.29, 0.717) is 19.6 Å². The number of ketones is 1. The summed E-state index contributed by atoms with van der Waals surface area (Å²) in [6.45, 7) is 1.98. The molecule has 1 aliphatic carbocycles. The van der Waals surface area contributed by atoms with E-state index < -0.39 is 0 Å². The fraction of sp³-hybridized carbons (Fsp3) is 0.588. The summed E-state index contributed by atoms with van der Waals surface area (Å²) in [5.41, 5.74) is 1.91. The summed E-state index contributed by atoms with van der Waals surface area (Å²) in [4.78, 5) is 12.1. The van der Waals surface area contributed by atoms with Crippen LogP contribution in [-0.2, 0) is 20.6 Å². The Kier molecular flexibility index (Phi) is 5.01. The fourth-order valence-electron chi connectivity index (χ4n) is 2.88. The molecule has 4 heteroatoms. The van der Waals surface area contributed by atoms with Crippen LogP contribution in [0, 0.1) is 0 Å². The van der Waals surface area contributed by atoms with Crippen molar-refractivity contribution in [1.82, 2.24) is 0 Å². The lowest BCUT2D eigenvalue weighted by Gasteiger charge is -2.22. The predicted molar refractivity (Wildman–Crippen MR) is 78.4 cm³/mol. The zero-order chi connectivity index (χ0) is 14.5. The molecule has 0 saturated carbocycles. The number of ether oxygens (including phenoxy) is 3. The first kappa shape index (κ1) is 14.7. The Labute approximate surface area is 125 Å². The van der Waals surface area contributed by atoms with E-state index in [-0.39, 0.29) is 18.2 Å². The lowest BCUT2D eigenvalue weighted by molar-refractivity contribution is -0.164. The number of fused-ring (bicyclic) bond motifs is 1. The molecule has 0 amide bonds. The number of Topliss-reactive ketones (excluding diaryl/α,β-unsaturated/α-hetero) is 1. The van der Waals surface area contributed by atoms with Gasteiger partial charge in [-0.2, -0.15) is 0 Å². The Bertz CT molecular complexity index is 479. The highest BCUT2D eigenvalue weighted by atomic mass is 16.7. The summed E-state index contributed by atoms with van der Waals surface area (Å²) in [5, 5.41) is 0. The predicted octanol–water partition coefficient (Wildman–Crippen LogP) is 2.74. The van der Waals surface area contributed by atoms with Gasteiger partial charge in [0.05, 0.1) is 6.61 Å². The minimum Gasteiger partial charge on any atom is -0.370 e. The molecular formula is C17H22O4. The van der Waals surface area contributed by atoms with Gasteiger partial charge in [-0.15, -0.1) is 0 Å². The highest BCUT2D eigenvalue weighted by Gasteiger charge is 2.30.